The Hall–Kier alpha value is -1.96. The minimum absolute atomic E-state index is 0.0626. The minimum atomic E-state index is -0.0928. The Morgan fingerprint density at radius 3 is 2.17 bits per heavy atom. The molecule has 1 aliphatic carbocycles. The molecule has 0 saturated carbocycles. The number of benzene rings is 2. The van der Waals surface area contributed by atoms with Crippen molar-refractivity contribution in [3.8, 4) is 0 Å². The Balaban J connectivity index is 1.71. The van der Waals surface area contributed by atoms with E-state index in [4.69, 9.17) is 23.2 Å². The van der Waals surface area contributed by atoms with Crippen LogP contribution in [0.5, 0.6) is 0 Å². The fourth-order valence-corrected chi connectivity index (χ4v) is 5.34. The summed E-state index contributed by atoms with van der Waals surface area (Å²) in [5.41, 5.74) is 8.86. The standard InChI is InChI=1S/C26H27Cl2N/c1-16-19-12-10-17(27)14-21(19)25(2,3)20(16)8-7-9-24-26(4,5)22-15-18(28)11-13-23(22)29(24)6/h7-15H,1-6H3. The average molecular weight is 424 g/mol. The highest BCUT2D eigenvalue weighted by Crippen LogP contribution is 2.49. The molecule has 29 heavy (non-hydrogen) atoms. The molecule has 0 N–H and O–H groups in total. The van der Waals surface area contributed by atoms with Gasteiger partial charge >= 0.3 is 0 Å². The summed E-state index contributed by atoms with van der Waals surface area (Å²) in [5, 5.41) is 1.58. The maximum Gasteiger partial charge on any atom is 0.0449 e. The first-order valence-corrected chi connectivity index (χ1v) is 10.7. The summed E-state index contributed by atoms with van der Waals surface area (Å²) in [6.07, 6.45) is 6.69. The number of halogens is 2. The van der Waals surface area contributed by atoms with Crippen molar-refractivity contribution in [2.24, 2.45) is 0 Å². The van der Waals surface area contributed by atoms with E-state index in [9.17, 15) is 0 Å². The SMILES string of the molecule is CC1=C(C=CC=C2N(C)c3ccc(Cl)cc3C2(C)C)C(C)(C)c2cc(Cl)ccc21. The third-order valence-corrected chi connectivity index (χ3v) is 7.12. The maximum absolute atomic E-state index is 6.28. The summed E-state index contributed by atoms with van der Waals surface area (Å²) in [5.74, 6) is 0. The molecule has 0 amide bonds. The second kappa shape index (κ2) is 6.79. The maximum atomic E-state index is 6.28. The Morgan fingerprint density at radius 1 is 0.862 bits per heavy atom. The molecule has 3 heteroatoms. The Morgan fingerprint density at radius 2 is 1.48 bits per heavy atom. The van der Waals surface area contributed by atoms with Gasteiger partial charge in [-0.3, -0.25) is 0 Å². The molecule has 1 nitrogen and oxygen atoms in total. The zero-order valence-corrected chi connectivity index (χ0v) is 19.4. The van der Waals surface area contributed by atoms with Gasteiger partial charge in [-0.1, -0.05) is 69.1 Å². The summed E-state index contributed by atoms with van der Waals surface area (Å²) in [7, 11) is 2.13. The number of allylic oxidation sites excluding steroid dienone is 6. The van der Waals surface area contributed by atoms with Gasteiger partial charge in [-0.25, -0.2) is 0 Å². The van der Waals surface area contributed by atoms with Gasteiger partial charge in [0.1, 0.15) is 0 Å². The van der Waals surface area contributed by atoms with Crippen LogP contribution in [0.4, 0.5) is 5.69 Å². The number of nitrogens with zero attached hydrogens (tertiary/aromatic N) is 1. The third-order valence-electron chi connectivity index (χ3n) is 6.65. The fraction of sp³-hybridized carbons (Fsp3) is 0.308. The molecule has 0 unspecified atom stereocenters. The quantitative estimate of drug-likeness (QED) is 0.473. The molecule has 150 valence electrons. The van der Waals surface area contributed by atoms with Crippen molar-refractivity contribution in [1.29, 1.82) is 0 Å². The highest BCUT2D eigenvalue weighted by Gasteiger charge is 2.38. The van der Waals surface area contributed by atoms with Crippen LogP contribution in [0.15, 0.2) is 65.9 Å². The Labute approximate surface area is 184 Å². The van der Waals surface area contributed by atoms with E-state index < -0.39 is 0 Å². The van der Waals surface area contributed by atoms with Gasteiger partial charge in [0, 0.05) is 39.3 Å². The molecule has 0 fully saturated rings. The van der Waals surface area contributed by atoms with Gasteiger partial charge in [-0.15, -0.1) is 0 Å². The number of hydrogen-bond donors (Lipinski definition) is 0. The lowest BCUT2D eigenvalue weighted by molar-refractivity contribution is 0.640. The molecule has 0 atom stereocenters. The van der Waals surface area contributed by atoms with Crippen molar-refractivity contribution >= 4 is 34.5 Å². The lowest BCUT2D eigenvalue weighted by Gasteiger charge is -2.24. The summed E-state index contributed by atoms with van der Waals surface area (Å²) >= 11 is 12.6. The molecule has 4 rings (SSSR count). The first-order chi connectivity index (χ1) is 13.5. The Kier molecular flexibility index (Phi) is 4.76. The lowest BCUT2D eigenvalue weighted by atomic mass is 9.81. The zero-order valence-electron chi connectivity index (χ0n) is 17.9. The highest BCUT2D eigenvalue weighted by atomic mass is 35.5. The van der Waals surface area contributed by atoms with Gasteiger partial charge in [0.2, 0.25) is 0 Å². The van der Waals surface area contributed by atoms with Crippen LogP contribution in [-0.4, -0.2) is 7.05 Å². The van der Waals surface area contributed by atoms with Crippen LogP contribution in [0, 0.1) is 0 Å². The molecule has 0 aromatic heterocycles. The van der Waals surface area contributed by atoms with Crippen molar-refractivity contribution < 1.29 is 0 Å². The van der Waals surface area contributed by atoms with Gasteiger partial charge in [0.15, 0.2) is 0 Å². The first kappa shape index (κ1) is 20.3. The summed E-state index contributed by atoms with van der Waals surface area (Å²) in [6.45, 7) is 11.3. The molecule has 2 aromatic rings. The molecule has 2 aromatic carbocycles. The van der Waals surface area contributed by atoms with Gasteiger partial charge < -0.3 is 4.90 Å². The molecule has 2 aliphatic rings. The molecule has 1 heterocycles. The topological polar surface area (TPSA) is 3.24 Å². The molecule has 0 spiro atoms. The van der Waals surface area contributed by atoms with Crippen molar-refractivity contribution in [2.45, 2.75) is 45.4 Å². The summed E-state index contributed by atoms with van der Waals surface area (Å²) < 4.78 is 0. The molecule has 0 saturated heterocycles. The molecular weight excluding hydrogens is 397 g/mol. The van der Waals surface area contributed by atoms with E-state index in [1.807, 2.05) is 12.1 Å². The van der Waals surface area contributed by atoms with Gasteiger partial charge in [-0.05, 0) is 71.2 Å². The van der Waals surface area contributed by atoms with E-state index in [1.165, 1.54) is 39.2 Å². The van der Waals surface area contributed by atoms with E-state index in [1.54, 1.807) is 0 Å². The third kappa shape index (κ3) is 3.07. The van der Waals surface area contributed by atoms with E-state index >= 15 is 0 Å². The van der Waals surface area contributed by atoms with Crippen molar-refractivity contribution in [3.05, 3.63) is 92.6 Å². The van der Waals surface area contributed by atoms with Gasteiger partial charge in [0.25, 0.3) is 0 Å². The zero-order chi connectivity index (χ0) is 21.1. The largest absolute Gasteiger partial charge is 0.347 e. The van der Waals surface area contributed by atoms with Crippen LogP contribution in [0.2, 0.25) is 10.0 Å². The normalized spacial score (nSPS) is 20.7. The van der Waals surface area contributed by atoms with Crippen molar-refractivity contribution in [2.75, 3.05) is 11.9 Å². The van der Waals surface area contributed by atoms with E-state index in [-0.39, 0.29) is 10.8 Å². The molecule has 0 bridgehead atoms. The van der Waals surface area contributed by atoms with Crippen molar-refractivity contribution in [3.63, 3.8) is 0 Å². The number of rotatable bonds is 2. The highest BCUT2D eigenvalue weighted by molar-refractivity contribution is 6.31. The number of fused-ring (bicyclic) bond motifs is 2. The number of hydrogen-bond acceptors (Lipinski definition) is 1. The Bertz CT molecular complexity index is 1100. The van der Waals surface area contributed by atoms with Crippen LogP contribution >= 0.6 is 23.2 Å². The van der Waals surface area contributed by atoms with E-state index in [0.717, 1.165) is 10.0 Å². The van der Waals surface area contributed by atoms with E-state index in [0.29, 0.717) is 0 Å². The van der Waals surface area contributed by atoms with Gasteiger partial charge in [-0.2, -0.15) is 0 Å². The summed E-state index contributed by atoms with van der Waals surface area (Å²) in [6, 6.07) is 12.4. The predicted octanol–water partition coefficient (Wildman–Crippen LogP) is 7.93. The first-order valence-electron chi connectivity index (χ1n) is 9.99. The predicted molar refractivity (Wildman–Crippen MR) is 127 cm³/mol. The van der Waals surface area contributed by atoms with Crippen LogP contribution < -0.4 is 4.90 Å². The van der Waals surface area contributed by atoms with Crippen molar-refractivity contribution in [1.82, 2.24) is 0 Å². The second-order valence-corrected chi connectivity index (χ2v) is 9.98. The molecular formula is C26H27Cl2N. The van der Waals surface area contributed by atoms with Gasteiger partial charge in [0.05, 0.1) is 0 Å². The number of anilines is 1. The monoisotopic (exact) mass is 423 g/mol. The summed E-state index contributed by atoms with van der Waals surface area (Å²) in [4.78, 5) is 2.27. The van der Waals surface area contributed by atoms with Crippen LogP contribution in [0.25, 0.3) is 5.57 Å². The van der Waals surface area contributed by atoms with Crippen LogP contribution in [-0.2, 0) is 10.8 Å². The molecule has 1 aliphatic heterocycles. The lowest BCUT2D eigenvalue weighted by Crippen LogP contribution is -2.22. The fourth-order valence-electron chi connectivity index (χ4n) is 5.00. The van der Waals surface area contributed by atoms with Crippen LogP contribution in [0.3, 0.4) is 0 Å². The van der Waals surface area contributed by atoms with E-state index in [2.05, 4.69) is 89.1 Å². The van der Waals surface area contributed by atoms with Crippen LogP contribution in [0.1, 0.15) is 51.3 Å². The molecule has 0 radical (unpaired) electrons. The second-order valence-electron chi connectivity index (χ2n) is 9.11. The average Bonchev–Trinajstić information content (AvgIpc) is 2.95. The number of likely N-dealkylation sites (N-methyl/N-ethyl adjacent to an activating group) is 1. The smallest absolute Gasteiger partial charge is 0.0449 e. The minimum Gasteiger partial charge on any atom is -0.347 e.